The molecule has 0 aliphatic rings. The van der Waals surface area contributed by atoms with Gasteiger partial charge in [0.05, 0.1) is 6.54 Å². The fourth-order valence-corrected chi connectivity index (χ4v) is 2.88. The molecule has 94 valence electrons. The Kier molecular flexibility index (Phi) is 4.32. The molecule has 0 atom stereocenters. The van der Waals surface area contributed by atoms with Gasteiger partial charge in [-0.1, -0.05) is 12.8 Å². The molecule has 0 bridgehead atoms. The molecule has 0 radical (unpaired) electrons. The highest BCUT2D eigenvalue weighted by Crippen LogP contribution is 2.14. The Morgan fingerprint density at radius 1 is 1.53 bits per heavy atom. The van der Waals surface area contributed by atoms with Crippen molar-refractivity contribution in [2.75, 3.05) is 13.1 Å². The molecule has 0 saturated heterocycles. The van der Waals surface area contributed by atoms with Crippen molar-refractivity contribution in [1.29, 1.82) is 0 Å². The minimum atomic E-state index is -3.57. The zero-order valence-corrected chi connectivity index (χ0v) is 11.2. The molecule has 0 spiro atoms. The lowest BCUT2D eigenvalue weighted by molar-refractivity contribution is 0.461. The largest absolute Gasteiger partial charge is 0.334 e. The van der Waals surface area contributed by atoms with Gasteiger partial charge in [-0.3, -0.25) is 0 Å². The van der Waals surface area contributed by atoms with Crippen LogP contribution in [0.1, 0.15) is 19.7 Å². The van der Waals surface area contributed by atoms with Crippen molar-refractivity contribution in [1.82, 2.24) is 13.9 Å². The second-order valence-electron chi connectivity index (χ2n) is 3.55. The maximum absolute atomic E-state index is 12.2. The fourth-order valence-electron chi connectivity index (χ4n) is 1.52. The second kappa shape index (κ2) is 5.34. The van der Waals surface area contributed by atoms with Crippen LogP contribution in [0.5, 0.6) is 0 Å². The minimum Gasteiger partial charge on any atom is -0.334 e. The van der Waals surface area contributed by atoms with Gasteiger partial charge in [-0.15, -0.1) is 6.42 Å². The monoisotopic (exact) mass is 255 g/mol. The first-order valence-electron chi connectivity index (χ1n) is 5.44. The molecule has 0 amide bonds. The Bertz CT molecular complexity index is 525. The smallest absolute Gasteiger partial charge is 0.262 e. The third kappa shape index (κ3) is 2.68. The molecule has 1 heterocycles. The molecule has 0 aliphatic heterocycles. The van der Waals surface area contributed by atoms with Gasteiger partial charge < -0.3 is 4.57 Å². The van der Waals surface area contributed by atoms with Crippen LogP contribution in [0.25, 0.3) is 0 Å². The Morgan fingerprint density at radius 2 is 2.18 bits per heavy atom. The van der Waals surface area contributed by atoms with Crippen LogP contribution in [0.15, 0.2) is 11.2 Å². The maximum Gasteiger partial charge on any atom is 0.262 e. The van der Waals surface area contributed by atoms with E-state index in [2.05, 4.69) is 10.9 Å². The third-order valence-corrected chi connectivity index (χ3v) is 4.31. The predicted molar refractivity (Wildman–Crippen MR) is 65.9 cm³/mol. The van der Waals surface area contributed by atoms with E-state index in [0.717, 1.165) is 0 Å². The average Bonchev–Trinajstić information content (AvgIpc) is 2.67. The quantitative estimate of drug-likeness (QED) is 0.733. The molecule has 1 aromatic rings. The highest BCUT2D eigenvalue weighted by atomic mass is 32.2. The predicted octanol–water partition coefficient (Wildman–Crippen LogP) is 0.855. The van der Waals surface area contributed by atoms with Gasteiger partial charge in [0.2, 0.25) is 0 Å². The highest BCUT2D eigenvalue weighted by molar-refractivity contribution is 7.89. The van der Waals surface area contributed by atoms with Crippen molar-refractivity contribution in [2.24, 2.45) is 0 Å². The molecular formula is C11H17N3O2S. The lowest BCUT2D eigenvalue weighted by Crippen LogP contribution is -2.31. The van der Waals surface area contributed by atoms with Crippen molar-refractivity contribution < 1.29 is 8.42 Å². The van der Waals surface area contributed by atoms with E-state index in [0.29, 0.717) is 18.9 Å². The van der Waals surface area contributed by atoms with Gasteiger partial charge >= 0.3 is 0 Å². The van der Waals surface area contributed by atoms with E-state index in [1.54, 1.807) is 24.6 Å². The van der Waals surface area contributed by atoms with Crippen LogP contribution in [-0.2, 0) is 16.6 Å². The summed E-state index contributed by atoms with van der Waals surface area (Å²) in [7, 11) is -3.57. The summed E-state index contributed by atoms with van der Waals surface area (Å²) in [4.78, 5) is 4.07. The van der Waals surface area contributed by atoms with Gasteiger partial charge in [-0.2, -0.15) is 4.31 Å². The van der Waals surface area contributed by atoms with Crippen molar-refractivity contribution >= 4 is 10.0 Å². The van der Waals surface area contributed by atoms with E-state index in [1.165, 1.54) is 4.31 Å². The van der Waals surface area contributed by atoms with E-state index in [-0.39, 0.29) is 11.6 Å². The Balaban J connectivity index is 3.16. The molecular weight excluding hydrogens is 238 g/mol. The second-order valence-corrected chi connectivity index (χ2v) is 5.43. The average molecular weight is 255 g/mol. The minimum absolute atomic E-state index is 0.0638. The maximum atomic E-state index is 12.2. The standard InChI is InChI=1S/C11H17N3O2S/c1-5-8-14(7-3)17(15,16)11-9-13(6-2)10(4)12-11/h1,9H,6-8H2,2-4H3. The number of imidazole rings is 1. The SMILES string of the molecule is C#CCN(CC)S(=O)(=O)c1cn(CC)c(C)n1. The first kappa shape index (κ1) is 13.7. The summed E-state index contributed by atoms with van der Waals surface area (Å²) in [6.07, 6.45) is 6.70. The first-order chi connectivity index (χ1) is 7.97. The first-order valence-corrected chi connectivity index (χ1v) is 6.88. The van der Waals surface area contributed by atoms with Crippen molar-refractivity contribution in [3.05, 3.63) is 12.0 Å². The van der Waals surface area contributed by atoms with Crippen LogP contribution in [-0.4, -0.2) is 35.4 Å². The van der Waals surface area contributed by atoms with Crippen LogP contribution < -0.4 is 0 Å². The summed E-state index contributed by atoms with van der Waals surface area (Å²) >= 11 is 0. The number of terminal acetylenes is 1. The van der Waals surface area contributed by atoms with Gasteiger partial charge in [0.15, 0.2) is 5.03 Å². The molecule has 0 saturated carbocycles. The number of hydrogen-bond acceptors (Lipinski definition) is 3. The summed E-state index contributed by atoms with van der Waals surface area (Å²) < 4.78 is 27.4. The lowest BCUT2D eigenvalue weighted by atomic mass is 10.6. The fraction of sp³-hybridized carbons (Fsp3) is 0.545. The van der Waals surface area contributed by atoms with Gasteiger partial charge in [-0.05, 0) is 13.8 Å². The molecule has 0 unspecified atom stereocenters. The van der Waals surface area contributed by atoms with Gasteiger partial charge in [0.25, 0.3) is 10.0 Å². The van der Waals surface area contributed by atoms with E-state index >= 15 is 0 Å². The van der Waals surface area contributed by atoms with Crippen molar-refractivity contribution in [3.63, 3.8) is 0 Å². The van der Waals surface area contributed by atoms with Crippen molar-refractivity contribution in [2.45, 2.75) is 32.3 Å². The molecule has 17 heavy (non-hydrogen) atoms. The highest BCUT2D eigenvalue weighted by Gasteiger charge is 2.25. The Labute approximate surface area is 103 Å². The number of aryl methyl sites for hydroxylation is 2. The van der Waals surface area contributed by atoms with Crippen LogP contribution in [0.3, 0.4) is 0 Å². The molecule has 0 fully saturated rings. The van der Waals surface area contributed by atoms with Crippen LogP contribution in [0.2, 0.25) is 0 Å². The van der Waals surface area contributed by atoms with E-state index in [9.17, 15) is 8.42 Å². The van der Waals surface area contributed by atoms with Gasteiger partial charge in [0.1, 0.15) is 5.82 Å². The number of aromatic nitrogens is 2. The molecule has 0 aromatic carbocycles. The van der Waals surface area contributed by atoms with Crippen molar-refractivity contribution in [3.8, 4) is 12.3 Å². The molecule has 1 aromatic heterocycles. The van der Waals surface area contributed by atoms with E-state index in [1.807, 2.05) is 6.92 Å². The van der Waals surface area contributed by atoms with Gasteiger partial charge in [0, 0.05) is 19.3 Å². The topological polar surface area (TPSA) is 55.2 Å². The summed E-state index contributed by atoms with van der Waals surface area (Å²) in [6, 6.07) is 0. The summed E-state index contributed by atoms with van der Waals surface area (Å²) in [5.74, 6) is 3.03. The molecule has 6 heteroatoms. The number of nitrogens with zero attached hydrogens (tertiary/aromatic N) is 3. The zero-order valence-electron chi connectivity index (χ0n) is 10.3. The molecule has 5 nitrogen and oxygen atoms in total. The summed E-state index contributed by atoms with van der Waals surface area (Å²) in [6.45, 7) is 6.56. The number of sulfonamides is 1. The third-order valence-electron chi connectivity index (χ3n) is 2.52. The Morgan fingerprint density at radius 3 is 2.59 bits per heavy atom. The molecule has 0 N–H and O–H groups in total. The van der Waals surface area contributed by atoms with Gasteiger partial charge in [-0.25, -0.2) is 13.4 Å². The Hall–Kier alpha value is -1.32. The summed E-state index contributed by atoms with van der Waals surface area (Å²) in [5, 5.41) is 0.0638. The van der Waals surface area contributed by atoms with E-state index in [4.69, 9.17) is 6.42 Å². The molecule has 1 rings (SSSR count). The molecule has 0 aliphatic carbocycles. The van der Waals surface area contributed by atoms with E-state index < -0.39 is 10.0 Å². The lowest BCUT2D eigenvalue weighted by Gasteiger charge is -2.15. The van der Waals surface area contributed by atoms with Crippen LogP contribution >= 0.6 is 0 Å². The van der Waals surface area contributed by atoms with Crippen LogP contribution in [0, 0.1) is 19.3 Å². The zero-order chi connectivity index (χ0) is 13.1. The number of rotatable bonds is 5. The number of hydrogen-bond donors (Lipinski definition) is 0. The normalized spacial score (nSPS) is 11.7. The summed E-state index contributed by atoms with van der Waals surface area (Å²) in [5.41, 5.74) is 0. The van der Waals surface area contributed by atoms with Crippen LogP contribution in [0.4, 0.5) is 0 Å².